The van der Waals surface area contributed by atoms with E-state index < -0.39 is 27.0 Å². The van der Waals surface area contributed by atoms with Crippen LogP contribution in [0.3, 0.4) is 0 Å². The van der Waals surface area contributed by atoms with Gasteiger partial charge in [0.15, 0.2) is 21.4 Å². The quantitative estimate of drug-likeness (QED) is 0.0310. The second kappa shape index (κ2) is 26.9. The maximum absolute atomic E-state index is 14.8. The number of carbonyl (C=O) groups is 4. The molecule has 77 heavy (non-hydrogen) atoms. The van der Waals surface area contributed by atoms with Crippen LogP contribution in [0.5, 0.6) is 0 Å². The summed E-state index contributed by atoms with van der Waals surface area (Å²) in [7, 11) is -10.1. The smallest absolute Gasteiger partial charge is 0.251 e. The number of amides is 4. The van der Waals surface area contributed by atoms with Crippen LogP contribution >= 0.6 is 21.4 Å². The minimum atomic E-state index is -3.35. The molecule has 0 atom stereocenters. The summed E-state index contributed by atoms with van der Waals surface area (Å²) in [6.07, 6.45) is 1.76. The van der Waals surface area contributed by atoms with Crippen molar-refractivity contribution < 1.29 is 32.9 Å². The van der Waals surface area contributed by atoms with Crippen LogP contribution in [0.25, 0.3) is 0 Å². The summed E-state index contributed by atoms with van der Waals surface area (Å²) >= 11 is 0. The van der Waals surface area contributed by atoms with Gasteiger partial charge >= 0.3 is 0 Å². The Labute approximate surface area is 454 Å². The fraction of sp³-hybridized carbons (Fsp3) is 0.270. The van der Waals surface area contributed by atoms with Crippen molar-refractivity contribution in [1.82, 2.24) is 21.3 Å². The van der Waals surface area contributed by atoms with E-state index in [-0.39, 0.29) is 67.2 Å². The van der Waals surface area contributed by atoms with Gasteiger partial charge in [0.05, 0.1) is 18.5 Å². The molecule has 0 heterocycles. The number of nitrogens with one attached hydrogen (secondary N) is 4. The highest BCUT2D eigenvalue weighted by molar-refractivity contribution is 7.80. The molecule has 0 saturated heterocycles. The number of benzene rings is 7. The Hall–Kier alpha value is -6.89. The molecule has 0 spiro atoms. The van der Waals surface area contributed by atoms with Gasteiger partial charge in [0, 0.05) is 62.6 Å². The van der Waals surface area contributed by atoms with E-state index in [2.05, 4.69) is 42.0 Å². The maximum atomic E-state index is 14.8. The molecular weight excluding hydrogens is 1020 g/mol. The molecular formula is C63H71N4O7P3. The summed E-state index contributed by atoms with van der Waals surface area (Å²) in [5.74, 6) is -1.41. The van der Waals surface area contributed by atoms with Crippen LogP contribution in [0.4, 0.5) is 0 Å². The number of hydrogen-bond donors (Lipinski definition) is 4. The van der Waals surface area contributed by atoms with Crippen molar-refractivity contribution in [2.45, 2.75) is 70.3 Å². The first-order chi connectivity index (χ1) is 37.0. The zero-order chi connectivity index (χ0) is 54.8. The van der Waals surface area contributed by atoms with Crippen molar-refractivity contribution >= 4 is 76.9 Å². The molecule has 7 aromatic rings. The lowest BCUT2D eigenvalue weighted by Crippen LogP contribution is -2.50. The van der Waals surface area contributed by atoms with Crippen molar-refractivity contribution in [3.63, 3.8) is 0 Å². The fourth-order valence-corrected chi connectivity index (χ4v) is 17.2. The second-order valence-electron chi connectivity index (χ2n) is 20.6. The standard InChI is InChI=1S/C63H71N4O7P3/c1-62(2,3)51-39-37-50(38-40-51)61(71)67-63(41-22-44-64-58(68)47-75(72,52-25-10-4-11-26-52)53-27-12-5-13-28-53,42-23-45-65-59(69)48-76(73,54-29-14-6-15-30-54)55-31-16-7-17-32-55)43-24-46-66-60(70)49-77(74,56-33-18-8-19-34-56)57-35-20-9-21-36-57/h4-21,25-40H,22-24,41-49H2,1-3H3,(H,64,68)(H,65,69)(H,66,70)(H,67,71). The van der Waals surface area contributed by atoms with E-state index in [1.54, 1.807) is 72.8 Å². The van der Waals surface area contributed by atoms with Crippen LogP contribution in [0, 0.1) is 0 Å². The van der Waals surface area contributed by atoms with Gasteiger partial charge in [-0.3, -0.25) is 19.2 Å². The Balaban J connectivity index is 1.11. The van der Waals surface area contributed by atoms with Crippen molar-refractivity contribution in [1.29, 1.82) is 0 Å². The molecule has 400 valence electrons. The molecule has 0 fully saturated rings. The molecule has 11 nitrogen and oxygen atoms in total. The molecule has 4 amide bonds. The van der Waals surface area contributed by atoms with Gasteiger partial charge in [0.1, 0.15) is 0 Å². The van der Waals surface area contributed by atoms with Gasteiger partial charge in [0.2, 0.25) is 17.7 Å². The third-order valence-electron chi connectivity index (χ3n) is 14.0. The van der Waals surface area contributed by atoms with Gasteiger partial charge in [0.25, 0.3) is 5.91 Å². The lowest BCUT2D eigenvalue weighted by molar-refractivity contribution is -0.119. The van der Waals surface area contributed by atoms with E-state index in [0.29, 0.717) is 75.9 Å². The summed E-state index contributed by atoms with van der Waals surface area (Å²) < 4.78 is 44.3. The van der Waals surface area contributed by atoms with E-state index in [1.807, 2.05) is 133 Å². The second-order valence-corrected chi connectivity index (χ2v) is 29.1. The third-order valence-corrected chi connectivity index (χ3v) is 23.0. The largest absolute Gasteiger partial charge is 0.356 e. The first-order valence-corrected chi connectivity index (χ1v) is 32.0. The summed E-state index contributed by atoms with van der Waals surface area (Å²) in [6.45, 7) is 6.98. The Morgan fingerprint density at radius 3 is 0.844 bits per heavy atom. The number of hydrogen-bond acceptors (Lipinski definition) is 7. The molecule has 7 rings (SSSR count). The fourth-order valence-electron chi connectivity index (χ4n) is 9.74. The molecule has 0 aliphatic carbocycles. The van der Waals surface area contributed by atoms with Crippen LogP contribution in [0.1, 0.15) is 75.2 Å². The van der Waals surface area contributed by atoms with Crippen molar-refractivity contribution in [2.24, 2.45) is 0 Å². The summed E-state index contributed by atoms with van der Waals surface area (Å²) in [5, 5.41) is 16.0. The normalized spacial score (nSPS) is 12.0. The highest BCUT2D eigenvalue weighted by atomic mass is 31.2. The summed E-state index contributed by atoms with van der Waals surface area (Å²) in [4.78, 5) is 56.0. The zero-order valence-electron chi connectivity index (χ0n) is 44.3. The first-order valence-electron chi connectivity index (χ1n) is 26.4. The highest BCUT2D eigenvalue weighted by Gasteiger charge is 2.35. The SMILES string of the molecule is CC(C)(C)c1ccc(C(=O)NC(CCCNC(=O)CP(=O)(c2ccccc2)c2ccccc2)(CCCNC(=O)CP(=O)(c2ccccc2)c2ccccc2)CCCNC(=O)CP(=O)(c2ccccc2)c2ccccc2)cc1. The Kier molecular flexibility index (Phi) is 20.2. The van der Waals surface area contributed by atoms with Gasteiger partial charge in [-0.1, -0.05) is 215 Å². The molecule has 0 aliphatic rings. The maximum Gasteiger partial charge on any atom is 0.251 e. The van der Waals surface area contributed by atoms with Gasteiger partial charge in [-0.05, 0) is 61.6 Å². The molecule has 0 aromatic heterocycles. The van der Waals surface area contributed by atoms with Gasteiger partial charge in [-0.25, -0.2) is 0 Å². The van der Waals surface area contributed by atoms with E-state index >= 15 is 0 Å². The van der Waals surface area contributed by atoms with E-state index in [1.165, 1.54) is 0 Å². The zero-order valence-corrected chi connectivity index (χ0v) is 47.0. The number of carbonyl (C=O) groups excluding carboxylic acids is 4. The minimum Gasteiger partial charge on any atom is -0.356 e. The molecule has 0 aliphatic heterocycles. The summed E-state index contributed by atoms with van der Waals surface area (Å²) in [6, 6.07) is 61.8. The minimum absolute atomic E-state index is 0.139. The van der Waals surface area contributed by atoms with Crippen molar-refractivity contribution in [3.8, 4) is 0 Å². The predicted octanol–water partition coefficient (Wildman–Crippen LogP) is 9.18. The van der Waals surface area contributed by atoms with Crippen molar-refractivity contribution in [3.05, 3.63) is 217 Å². The highest BCUT2D eigenvalue weighted by Crippen LogP contribution is 2.45. The monoisotopic (exact) mass is 1090 g/mol. The molecule has 14 heteroatoms. The van der Waals surface area contributed by atoms with Crippen LogP contribution in [-0.2, 0) is 33.5 Å². The lowest BCUT2D eigenvalue weighted by Gasteiger charge is -2.36. The predicted molar refractivity (Wildman–Crippen MR) is 316 cm³/mol. The number of rotatable bonds is 26. The van der Waals surface area contributed by atoms with Gasteiger partial charge < -0.3 is 35.0 Å². The summed E-state index contributed by atoms with van der Waals surface area (Å²) in [5.41, 5.74) is 0.473. The Morgan fingerprint density at radius 1 is 0.364 bits per heavy atom. The van der Waals surface area contributed by atoms with Gasteiger partial charge in [-0.15, -0.1) is 0 Å². The van der Waals surface area contributed by atoms with Crippen molar-refractivity contribution in [2.75, 3.05) is 38.1 Å². The Morgan fingerprint density at radius 2 is 0.610 bits per heavy atom. The van der Waals surface area contributed by atoms with Crippen LogP contribution < -0.4 is 53.1 Å². The molecule has 0 bridgehead atoms. The molecule has 7 aromatic carbocycles. The first kappa shape index (κ1) is 57.8. The van der Waals surface area contributed by atoms with Gasteiger partial charge in [-0.2, -0.15) is 0 Å². The topological polar surface area (TPSA) is 168 Å². The van der Waals surface area contributed by atoms with Crippen LogP contribution in [0.2, 0.25) is 0 Å². The van der Waals surface area contributed by atoms with E-state index in [0.717, 1.165) is 5.56 Å². The van der Waals surface area contributed by atoms with Crippen LogP contribution in [-0.4, -0.2) is 67.3 Å². The average Bonchev–Trinajstić information content (AvgIpc) is 3.46. The molecule has 0 radical (unpaired) electrons. The molecule has 0 saturated carbocycles. The van der Waals surface area contributed by atoms with E-state index in [9.17, 15) is 32.9 Å². The third kappa shape index (κ3) is 15.6. The molecule has 4 N–H and O–H groups in total. The Bertz CT molecular complexity index is 2760. The van der Waals surface area contributed by atoms with E-state index in [4.69, 9.17) is 0 Å². The lowest BCUT2D eigenvalue weighted by atomic mass is 9.83. The van der Waals surface area contributed by atoms with Crippen LogP contribution in [0.15, 0.2) is 206 Å². The molecule has 0 unspecified atom stereocenters. The average molecular weight is 1090 g/mol.